The molecule has 0 saturated carbocycles. The smallest absolute Gasteiger partial charge is 0.364 e. The normalized spacial score (nSPS) is 18.7. The van der Waals surface area contributed by atoms with E-state index >= 15 is 0 Å². The van der Waals surface area contributed by atoms with E-state index in [0.29, 0.717) is 24.3 Å². The number of carbonyl (C=O) groups is 1. The fraction of sp³-hybridized carbons (Fsp3) is 0.481. The van der Waals surface area contributed by atoms with Crippen molar-refractivity contribution in [1.29, 1.82) is 0 Å². The van der Waals surface area contributed by atoms with Gasteiger partial charge in [0.15, 0.2) is 0 Å². The second kappa shape index (κ2) is 10.7. The molecule has 204 valence electrons. The molecule has 0 aliphatic carbocycles. The molecule has 1 amide bonds. The molecule has 0 radical (unpaired) electrons. The van der Waals surface area contributed by atoms with Crippen LogP contribution in [0.4, 0.5) is 23.4 Å². The Hall–Kier alpha value is -3.52. The van der Waals surface area contributed by atoms with Gasteiger partial charge in [-0.3, -0.25) is 4.79 Å². The van der Waals surface area contributed by atoms with Gasteiger partial charge in [0, 0.05) is 36.6 Å². The van der Waals surface area contributed by atoms with Gasteiger partial charge in [0.05, 0.1) is 30.1 Å². The first-order valence-corrected chi connectivity index (χ1v) is 12.4. The minimum atomic E-state index is -4.48. The van der Waals surface area contributed by atoms with Crippen LogP contribution in [0.25, 0.3) is 5.52 Å². The van der Waals surface area contributed by atoms with Crippen LogP contribution in [0.3, 0.4) is 0 Å². The highest BCUT2D eigenvalue weighted by Gasteiger charge is 2.32. The summed E-state index contributed by atoms with van der Waals surface area (Å²) in [7, 11) is 1.84. The first-order chi connectivity index (χ1) is 17.8. The molecule has 0 bridgehead atoms. The molecule has 4 heterocycles. The maximum Gasteiger partial charge on any atom is 0.393 e. The largest absolute Gasteiger partial charge is 0.393 e. The van der Waals surface area contributed by atoms with Crippen LogP contribution in [0.1, 0.15) is 48.8 Å². The Balaban J connectivity index is 1.55. The molecule has 1 fully saturated rings. The average Bonchev–Trinajstić information content (AvgIpc) is 3.44. The first kappa shape index (κ1) is 27.5. The third-order valence-corrected chi connectivity index (χ3v) is 6.49. The highest BCUT2D eigenvalue weighted by molar-refractivity contribution is 5.94. The highest BCUT2D eigenvalue weighted by Crippen LogP contribution is 2.28. The van der Waals surface area contributed by atoms with E-state index in [1.165, 1.54) is 10.6 Å². The Labute approximate surface area is 219 Å². The number of carbonyl (C=O) groups excluding carboxylic acids is 1. The van der Waals surface area contributed by atoms with Crippen molar-refractivity contribution in [3.05, 3.63) is 53.5 Å². The topological polar surface area (TPSA) is 66.6 Å². The van der Waals surface area contributed by atoms with Crippen molar-refractivity contribution in [2.75, 3.05) is 32.0 Å². The van der Waals surface area contributed by atoms with Gasteiger partial charge in [-0.2, -0.15) is 18.3 Å². The van der Waals surface area contributed by atoms with Gasteiger partial charge in [0.1, 0.15) is 17.7 Å². The molecule has 0 aromatic carbocycles. The van der Waals surface area contributed by atoms with E-state index in [0.717, 1.165) is 0 Å². The Morgan fingerprint density at radius 1 is 1.21 bits per heavy atom. The molecule has 0 spiro atoms. The summed E-state index contributed by atoms with van der Waals surface area (Å²) in [6, 6.07) is 6.02. The molecule has 4 rings (SSSR count). The summed E-state index contributed by atoms with van der Waals surface area (Å²) in [5.41, 5.74) is 0.422. The molecule has 7 nitrogen and oxygen atoms in total. The zero-order chi connectivity index (χ0) is 27.7. The third kappa shape index (κ3) is 6.48. The van der Waals surface area contributed by atoms with Gasteiger partial charge < -0.3 is 20.1 Å². The fourth-order valence-electron chi connectivity index (χ4n) is 4.42. The van der Waals surface area contributed by atoms with Crippen molar-refractivity contribution in [2.45, 2.75) is 57.5 Å². The third-order valence-electron chi connectivity index (χ3n) is 6.49. The molecule has 11 heteroatoms. The number of hydrogen-bond donors (Lipinski definition) is 2. The van der Waals surface area contributed by atoms with Crippen molar-refractivity contribution in [3.63, 3.8) is 0 Å². The number of nitrogens with one attached hydrogen (secondary N) is 2. The molecule has 3 aromatic heterocycles. The molecule has 3 aromatic rings. The first-order valence-electron chi connectivity index (χ1n) is 12.4. The summed E-state index contributed by atoms with van der Waals surface area (Å²) in [5, 5.41) is 10.1. The van der Waals surface area contributed by atoms with E-state index in [9.17, 15) is 22.4 Å². The molecule has 38 heavy (non-hydrogen) atoms. The number of nitrogens with zero attached hydrogens (tertiary/aromatic N) is 4. The van der Waals surface area contributed by atoms with Gasteiger partial charge in [0.2, 0.25) is 0 Å². The summed E-state index contributed by atoms with van der Waals surface area (Å²) in [6.07, 6.45) is -2.73. The molecule has 2 atom stereocenters. The number of piperidine rings is 1. The number of amides is 1. The Kier molecular flexibility index (Phi) is 7.74. The Morgan fingerprint density at radius 3 is 2.63 bits per heavy atom. The molecular weight excluding hydrogens is 500 g/mol. The summed E-state index contributed by atoms with van der Waals surface area (Å²) in [6.45, 7) is 6.95. The maximum atomic E-state index is 14.6. The van der Waals surface area contributed by atoms with Crippen LogP contribution >= 0.6 is 0 Å². The van der Waals surface area contributed by atoms with Crippen molar-refractivity contribution < 1.29 is 22.4 Å². The van der Waals surface area contributed by atoms with E-state index in [1.54, 1.807) is 24.4 Å². The SMILES string of the molecule is CN1CC[C@@H](Nc2cccc3c(CC(F)(F)F)c(C#CCNC(=O)c4ccn(C(C)(C)C)c4)nn23)[C@@H](F)C1. The number of aromatic nitrogens is 3. The van der Waals surface area contributed by atoms with Crippen LogP contribution in [0.2, 0.25) is 0 Å². The standard InChI is InChI=1S/C27H32F4N6O/c1-26(2,3)36-14-10-18(16-36)25(38)32-12-6-7-21-19(15-27(29,30)31)23-8-5-9-24(37(23)34-21)33-22-11-13-35(4)17-20(22)28/h5,8-10,14,16,20,22,33H,11-13,15,17H2,1-4H3,(H,32,38)/t20-,22+/m0/s1. The van der Waals surface area contributed by atoms with E-state index < -0.39 is 24.8 Å². The van der Waals surface area contributed by atoms with Crippen molar-refractivity contribution >= 4 is 17.2 Å². The van der Waals surface area contributed by atoms with E-state index in [1.807, 2.05) is 43.5 Å². The van der Waals surface area contributed by atoms with Crippen LogP contribution in [0.15, 0.2) is 36.7 Å². The van der Waals surface area contributed by atoms with Gasteiger partial charge in [-0.15, -0.1) is 0 Å². The number of halogens is 4. The lowest BCUT2D eigenvalue weighted by atomic mass is 10.0. The predicted octanol–water partition coefficient (Wildman–Crippen LogP) is 4.23. The predicted molar refractivity (Wildman–Crippen MR) is 138 cm³/mol. The number of rotatable bonds is 5. The highest BCUT2D eigenvalue weighted by atomic mass is 19.4. The Morgan fingerprint density at radius 2 is 1.97 bits per heavy atom. The second-order valence-corrected chi connectivity index (χ2v) is 10.6. The number of likely N-dealkylation sites (tertiary alicyclic amines) is 1. The van der Waals surface area contributed by atoms with Gasteiger partial charge in [-0.25, -0.2) is 8.91 Å². The van der Waals surface area contributed by atoms with E-state index in [2.05, 4.69) is 27.6 Å². The minimum absolute atomic E-state index is 0.0371. The minimum Gasteiger partial charge on any atom is -0.364 e. The van der Waals surface area contributed by atoms with Crippen molar-refractivity contribution in [3.8, 4) is 11.8 Å². The summed E-state index contributed by atoms with van der Waals surface area (Å²) >= 11 is 0. The molecular formula is C27H32F4N6O. The zero-order valence-corrected chi connectivity index (χ0v) is 21.9. The fourth-order valence-corrected chi connectivity index (χ4v) is 4.42. The summed E-state index contributed by atoms with van der Waals surface area (Å²) < 4.78 is 58.2. The quantitative estimate of drug-likeness (QED) is 0.381. The maximum absolute atomic E-state index is 14.6. The van der Waals surface area contributed by atoms with Crippen LogP contribution in [0.5, 0.6) is 0 Å². The second-order valence-electron chi connectivity index (χ2n) is 10.6. The van der Waals surface area contributed by atoms with Crippen LogP contribution in [-0.2, 0) is 12.0 Å². The monoisotopic (exact) mass is 532 g/mol. The number of fused-ring (bicyclic) bond motifs is 1. The summed E-state index contributed by atoms with van der Waals surface area (Å²) in [5.74, 6) is 5.48. The van der Waals surface area contributed by atoms with E-state index in [-0.39, 0.29) is 41.3 Å². The van der Waals surface area contributed by atoms with Gasteiger partial charge >= 0.3 is 6.18 Å². The number of alkyl halides is 4. The lowest BCUT2D eigenvalue weighted by Gasteiger charge is -2.33. The van der Waals surface area contributed by atoms with Gasteiger partial charge in [-0.1, -0.05) is 12.0 Å². The van der Waals surface area contributed by atoms with Crippen LogP contribution < -0.4 is 10.6 Å². The molecule has 1 aliphatic rings. The molecule has 1 saturated heterocycles. The van der Waals surface area contributed by atoms with Gasteiger partial charge in [-0.05, 0) is 58.4 Å². The summed E-state index contributed by atoms with van der Waals surface area (Å²) in [4.78, 5) is 14.4. The Bertz CT molecular complexity index is 1360. The number of hydrogen-bond acceptors (Lipinski definition) is 4. The molecule has 0 unspecified atom stereocenters. The van der Waals surface area contributed by atoms with Crippen molar-refractivity contribution in [2.24, 2.45) is 0 Å². The number of anilines is 1. The van der Waals surface area contributed by atoms with E-state index in [4.69, 9.17) is 0 Å². The van der Waals surface area contributed by atoms with Crippen LogP contribution in [-0.4, -0.2) is 70.1 Å². The average molecular weight is 533 g/mol. The van der Waals surface area contributed by atoms with Crippen LogP contribution in [0, 0.1) is 11.8 Å². The van der Waals surface area contributed by atoms with Crippen molar-refractivity contribution in [1.82, 2.24) is 24.4 Å². The molecule has 1 aliphatic heterocycles. The lowest BCUT2D eigenvalue weighted by molar-refractivity contribution is -0.127. The zero-order valence-electron chi connectivity index (χ0n) is 21.9. The number of pyridine rings is 1. The van der Waals surface area contributed by atoms with Gasteiger partial charge in [0.25, 0.3) is 5.91 Å². The lowest BCUT2D eigenvalue weighted by Crippen LogP contribution is -2.46. The molecule has 2 N–H and O–H groups in total.